The largest absolute Gasteiger partial charge is 0.309 e. The van der Waals surface area contributed by atoms with Crippen molar-refractivity contribution in [2.45, 2.75) is 31.8 Å². The van der Waals surface area contributed by atoms with Crippen molar-refractivity contribution in [3.8, 4) is 0 Å². The number of nitrogens with zero attached hydrogens (tertiary/aromatic N) is 1. The lowest BCUT2D eigenvalue weighted by Crippen LogP contribution is -2.36. The van der Waals surface area contributed by atoms with Crippen LogP contribution in [0.2, 0.25) is 10.0 Å². The summed E-state index contributed by atoms with van der Waals surface area (Å²) in [6.45, 7) is 4.34. The number of rotatable bonds is 4. The summed E-state index contributed by atoms with van der Waals surface area (Å²) in [7, 11) is 2.19. The number of likely N-dealkylation sites (N-methyl/N-ethyl adjacent to an activating group) is 1. The topological polar surface area (TPSA) is 15.3 Å². The molecular formula is C14H20Cl2N2. The van der Waals surface area contributed by atoms with Crippen LogP contribution in [-0.2, 0) is 0 Å². The predicted molar refractivity (Wildman–Crippen MR) is 78.5 cm³/mol. The molecule has 1 N–H and O–H groups in total. The van der Waals surface area contributed by atoms with Crippen molar-refractivity contribution in [3.05, 3.63) is 33.8 Å². The molecule has 1 fully saturated rings. The van der Waals surface area contributed by atoms with E-state index in [0.717, 1.165) is 22.2 Å². The van der Waals surface area contributed by atoms with Crippen LogP contribution in [0.5, 0.6) is 0 Å². The maximum absolute atomic E-state index is 6.21. The molecule has 0 bridgehead atoms. The van der Waals surface area contributed by atoms with Gasteiger partial charge < -0.3 is 10.2 Å². The first-order valence-corrected chi connectivity index (χ1v) is 7.22. The lowest BCUT2D eigenvalue weighted by molar-refractivity contribution is 0.293. The molecule has 2 nitrogen and oxygen atoms in total. The van der Waals surface area contributed by atoms with Gasteiger partial charge >= 0.3 is 0 Å². The minimum absolute atomic E-state index is 0.227. The van der Waals surface area contributed by atoms with Gasteiger partial charge in [-0.25, -0.2) is 0 Å². The molecule has 0 radical (unpaired) electrons. The van der Waals surface area contributed by atoms with Crippen molar-refractivity contribution in [2.75, 3.05) is 20.1 Å². The summed E-state index contributed by atoms with van der Waals surface area (Å²) < 4.78 is 0. The highest BCUT2D eigenvalue weighted by Gasteiger charge is 2.21. The second-order valence-electron chi connectivity index (χ2n) is 5.07. The van der Waals surface area contributed by atoms with E-state index in [4.69, 9.17) is 23.2 Å². The van der Waals surface area contributed by atoms with E-state index >= 15 is 0 Å². The van der Waals surface area contributed by atoms with E-state index in [-0.39, 0.29) is 6.04 Å². The zero-order valence-electron chi connectivity index (χ0n) is 10.9. The quantitative estimate of drug-likeness (QED) is 0.907. The van der Waals surface area contributed by atoms with Gasteiger partial charge in [-0.15, -0.1) is 0 Å². The molecular weight excluding hydrogens is 267 g/mol. The monoisotopic (exact) mass is 286 g/mol. The fourth-order valence-electron chi connectivity index (χ4n) is 2.51. The lowest BCUT2D eigenvalue weighted by Gasteiger charge is -2.23. The smallest absolute Gasteiger partial charge is 0.0454 e. The van der Waals surface area contributed by atoms with Crippen molar-refractivity contribution in [1.29, 1.82) is 0 Å². The molecule has 0 aliphatic carbocycles. The molecule has 1 aromatic carbocycles. The van der Waals surface area contributed by atoms with E-state index in [2.05, 4.69) is 24.2 Å². The Morgan fingerprint density at radius 1 is 1.44 bits per heavy atom. The molecule has 0 aromatic heterocycles. The van der Waals surface area contributed by atoms with Gasteiger partial charge in [0.1, 0.15) is 0 Å². The summed E-state index contributed by atoms with van der Waals surface area (Å²) in [4.78, 5) is 2.42. The molecule has 1 saturated heterocycles. The lowest BCUT2D eigenvalue weighted by atomic mass is 10.1. The van der Waals surface area contributed by atoms with Gasteiger partial charge in [0.2, 0.25) is 0 Å². The van der Waals surface area contributed by atoms with Gasteiger partial charge in [0.25, 0.3) is 0 Å². The average Bonchev–Trinajstić information content (AvgIpc) is 2.75. The normalized spacial score (nSPS) is 22.3. The van der Waals surface area contributed by atoms with Crippen molar-refractivity contribution in [1.82, 2.24) is 10.2 Å². The molecule has 1 aromatic rings. The molecule has 100 valence electrons. The summed E-state index contributed by atoms with van der Waals surface area (Å²) in [5.74, 6) is 0. The Morgan fingerprint density at radius 3 is 2.89 bits per heavy atom. The second kappa shape index (κ2) is 6.25. The number of nitrogens with one attached hydrogen (secondary N) is 1. The maximum atomic E-state index is 6.21. The van der Waals surface area contributed by atoms with E-state index in [1.54, 1.807) is 0 Å². The van der Waals surface area contributed by atoms with E-state index in [0.29, 0.717) is 6.04 Å². The highest BCUT2D eigenvalue weighted by atomic mass is 35.5. The van der Waals surface area contributed by atoms with Crippen molar-refractivity contribution < 1.29 is 0 Å². The standard InChI is InChI=1S/C14H20Cl2N2/c1-10(13-8-11(15)5-6-14(13)16)17-9-12-4-3-7-18(12)2/h5-6,8,10,12,17H,3-4,7,9H2,1-2H3. The number of benzene rings is 1. The number of halogens is 2. The van der Waals surface area contributed by atoms with E-state index in [1.807, 2.05) is 18.2 Å². The third kappa shape index (κ3) is 3.39. The van der Waals surface area contributed by atoms with E-state index in [1.165, 1.54) is 19.4 Å². The SMILES string of the molecule is CC(NCC1CCCN1C)c1cc(Cl)ccc1Cl. The zero-order chi connectivity index (χ0) is 13.1. The Bertz CT molecular complexity index is 409. The minimum Gasteiger partial charge on any atom is -0.309 e. The summed E-state index contributed by atoms with van der Waals surface area (Å²) in [5.41, 5.74) is 1.07. The summed E-state index contributed by atoms with van der Waals surface area (Å²) in [6.07, 6.45) is 2.58. The summed E-state index contributed by atoms with van der Waals surface area (Å²) >= 11 is 12.2. The second-order valence-corrected chi connectivity index (χ2v) is 5.92. The zero-order valence-corrected chi connectivity index (χ0v) is 12.4. The van der Waals surface area contributed by atoms with Gasteiger partial charge in [-0.05, 0) is 57.1 Å². The Balaban J connectivity index is 1.94. The Hall–Kier alpha value is -0.280. The third-order valence-electron chi connectivity index (χ3n) is 3.76. The fourth-order valence-corrected chi connectivity index (χ4v) is 2.97. The molecule has 4 heteroatoms. The van der Waals surface area contributed by atoms with E-state index < -0.39 is 0 Å². The molecule has 0 saturated carbocycles. The van der Waals surface area contributed by atoms with Gasteiger partial charge in [-0.2, -0.15) is 0 Å². The molecule has 0 amide bonds. The van der Waals surface area contributed by atoms with Crippen LogP contribution < -0.4 is 5.32 Å². The van der Waals surface area contributed by atoms with Crippen molar-refractivity contribution in [2.24, 2.45) is 0 Å². The number of hydrogen-bond donors (Lipinski definition) is 1. The van der Waals surface area contributed by atoms with Gasteiger partial charge in [0.05, 0.1) is 0 Å². The highest BCUT2D eigenvalue weighted by molar-refractivity contribution is 6.33. The first kappa shape index (κ1) is 14.1. The van der Waals surface area contributed by atoms with Crippen molar-refractivity contribution in [3.63, 3.8) is 0 Å². The van der Waals surface area contributed by atoms with Crippen LogP contribution in [0.25, 0.3) is 0 Å². The first-order valence-electron chi connectivity index (χ1n) is 6.46. The van der Waals surface area contributed by atoms with Crippen LogP contribution in [0, 0.1) is 0 Å². The predicted octanol–water partition coefficient (Wildman–Crippen LogP) is 3.74. The molecule has 1 heterocycles. The highest BCUT2D eigenvalue weighted by Crippen LogP contribution is 2.26. The Labute approximate surface area is 119 Å². The fraction of sp³-hybridized carbons (Fsp3) is 0.571. The number of hydrogen-bond acceptors (Lipinski definition) is 2. The molecule has 2 atom stereocenters. The van der Waals surface area contributed by atoms with Gasteiger partial charge in [-0.3, -0.25) is 0 Å². The number of likely N-dealkylation sites (tertiary alicyclic amines) is 1. The molecule has 2 rings (SSSR count). The average molecular weight is 287 g/mol. The maximum Gasteiger partial charge on any atom is 0.0454 e. The van der Waals surface area contributed by atoms with Gasteiger partial charge in [0.15, 0.2) is 0 Å². The molecule has 18 heavy (non-hydrogen) atoms. The van der Waals surface area contributed by atoms with Crippen LogP contribution in [0.4, 0.5) is 0 Å². The van der Waals surface area contributed by atoms with Gasteiger partial charge in [-0.1, -0.05) is 23.2 Å². The molecule has 1 aliphatic rings. The van der Waals surface area contributed by atoms with Gasteiger partial charge in [0, 0.05) is 28.7 Å². The van der Waals surface area contributed by atoms with Crippen LogP contribution >= 0.6 is 23.2 Å². The van der Waals surface area contributed by atoms with Crippen LogP contribution in [0.1, 0.15) is 31.4 Å². The Morgan fingerprint density at radius 2 is 2.22 bits per heavy atom. The van der Waals surface area contributed by atoms with Crippen LogP contribution in [0.3, 0.4) is 0 Å². The molecule has 1 aliphatic heterocycles. The van der Waals surface area contributed by atoms with E-state index in [9.17, 15) is 0 Å². The minimum atomic E-state index is 0.227. The van der Waals surface area contributed by atoms with Crippen LogP contribution in [-0.4, -0.2) is 31.1 Å². The third-order valence-corrected chi connectivity index (χ3v) is 4.34. The summed E-state index contributed by atoms with van der Waals surface area (Å²) in [5, 5.41) is 5.07. The molecule has 2 unspecified atom stereocenters. The summed E-state index contributed by atoms with van der Waals surface area (Å²) in [6, 6.07) is 6.50. The molecule has 0 spiro atoms. The van der Waals surface area contributed by atoms with Crippen molar-refractivity contribution >= 4 is 23.2 Å². The first-order chi connectivity index (χ1) is 8.58. The van der Waals surface area contributed by atoms with Crippen LogP contribution in [0.15, 0.2) is 18.2 Å². The Kier molecular flexibility index (Phi) is 4.91.